The number of carbonyl (C=O) groups excluding carboxylic acids is 2. The lowest BCUT2D eigenvalue weighted by Gasteiger charge is -2.25. The van der Waals surface area contributed by atoms with Crippen molar-refractivity contribution < 1.29 is 19.4 Å². The van der Waals surface area contributed by atoms with Crippen LogP contribution in [0.2, 0.25) is 10.0 Å². The molecule has 0 bridgehead atoms. The van der Waals surface area contributed by atoms with Crippen LogP contribution in [-0.4, -0.2) is 23.9 Å². The first kappa shape index (κ1) is 21.4. The monoisotopic (exact) mass is 473 g/mol. The molecule has 1 aliphatic heterocycles. The minimum Gasteiger partial charge on any atom is -0.507 e. The summed E-state index contributed by atoms with van der Waals surface area (Å²) in [6, 6.07) is 13.1. The summed E-state index contributed by atoms with van der Waals surface area (Å²) < 4.78 is 5.15. The molecule has 0 aliphatic carbocycles. The van der Waals surface area contributed by atoms with Gasteiger partial charge in [0.2, 0.25) is 0 Å². The summed E-state index contributed by atoms with van der Waals surface area (Å²) in [5.41, 5.74) is 1.64. The van der Waals surface area contributed by atoms with Gasteiger partial charge in [-0.1, -0.05) is 47.5 Å². The van der Waals surface area contributed by atoms with Crippen molar-refractivity contribution in [2.45, 2.75) is 13.0 Å². The van der Waals surface area contributed by atoms with Crippen molar-refractivity contribution in [3.05, 3.63) is 85.5 Å². The van der Waals surface area contributed by atoms with E-state index in [-0.39, 0.29) is 32.7 Å². The van der Waals surface area contributed by atoms with Gasteiger partial charge in [0.15, 0.2) is 5.75 Å². The quantitative estimate of drug-likeness (QED) is 0.286. The third kappa shape index (κ3) is 3.61. The number of amides is 1. The Bertz CT molecular complexity index is 1200. The fourth-order valence-electron chi connectivity index (χ4n) is 3.68. The number of para-hydroxylation sites is 1. The molecule has 2 heterocycles. The number of anilines is 1. The van der Waals surface area contributed by atoms with E-state index >= 15 is 0 Å². The highest BCUT2D eigenvalue weighted by Crippen LogP contribution is 2.45. The summed E-state index contributed by atoms with van der Waals surface area (Å²) in [5, 5.41) is 13.4. The van der Waals surface area contributed by atoms with Gasteiger partial charge in [0.05, 0.1) is 22.7 Å². The second kappa shape index (κ2) is 8.38. The molecule has 0 spiro atoms. The number of aryl methyl sites for hydroxylation is 1. The summed E-state index contributed by atoms with van der Waals surface area (Å²) in [6.45, 7) is 1.86. The Morgan fingerprint density at radius 3 is 2.35 bits per heavy atom. The minimum atomic E-state index is -0.777. The van der Waals surface area contributed by atoms with Crippen LogP contribution in [0.3, 0.4) is 0 Å². The highest BCUT2D eigenvalue weighted by molar-refractivity contribution is 7.10. The molecule has 1 amide bonds. The van der Waals surface area contributed by atoms with E-state index in [0.717, 1.165) is 10.4 Å². The van der Waals surface area contributed by atoms with E-state index < -0.39 is 17.7 Å². The molecule has 1 unspecified atom stereocenters. The predicted octanol–water partition coefficient (Wildman–Crippen LogP) is 6.00. The van der Waals surface area contributed by atoms with Gasteiger partial charge in [-0.05, 0) is 42.1 Å². The maximum Gasteiger partial charge on any atom is 0.300 e. The average Bonchev–Trinajstić information content (AvgIpc) is 3.35. The zero-order valence-corrected chi connectivity index (χ0v) is 18.9. The molecule has 8 heteroatoms. The second-order valence-electron chi connectivity index (χ2n) is 6.94. The lowest BCUT2D eigenvalue weighted by Crippen LogP contribution is -2.29. The summed E-state index contributed by atoms with van der Waals surface area (Å²) in [6.07, 6.45) is 0. The number of methoxy groups -OCH3 is 1. The van der Waals surface area contributed by atoms with Gasteiger partial charge in [0.1, 0.15) is 11.8 Å². The number of carbonyl (C=O) groups is 2. The standard InChI is InChI=1S/C23H17Cl2NO4S/c1-12-6-3-4-7-16(12)26-19(17-8-5-9-31-17)18(21(28)23(26)29)20(27)13-10-14(24)22(30-2)15(25)11-13/h3-11,19,27H,1-2H3/b20-18-. The number of thiophene rings is 1. The molecule has 0 saturated carbocycles. The number of aliphatic hydroxyl groups excluding tert-OH is 1. The molecule has 1 aromatic heterocycles. The van der Waals surface area contributed by atoms with Crippen molar-refractivity contribution in [2.24, 2.45) is 0 Å². The number of rotatable bonds is 4. The van der Waals surface area contributed by atoms with Crippen LogP contribution >= 0.6 is 34.5 Å². The molecular formula is C23H17Cl2NO4S. The van der Waals surface area contributed by atoms with E-state index in [1.807, 2.05) is 36.6 Å². The molecule has 5 nitrogen and oxygen atoms in total. The lowest BCUT2D eigenvalue weighted by molar-refractivity contribution is -0.132. The summed E-state index contributed by atoms with van der Waals surface area (Å²) >= 11 is 13.9. The zero-order valence-electron chi connectivity index (χ0n) is 16.6. The number of ether oxygens (including phenoxy) is 1. The summed E-state index contributed by atoms with van der Waals surface area (Å²) in [4.78, 5) is 28.4. The number of nitrogens with zero attached hydrogens (tertiary/aromatic N) is 1. The molecular weight excluding hydrogens is 457 g/mol. The highest BCUT2D eigenvalue weighted by atomic mass is 35.5. The van der Waals surface area contributed by atoms with Crippen LogP contribution in [0.4, 0.5) is 5.69 Å². The summed E-state index contributed by atoms with van der Waals surface area (Å²) in [5.74, 6) is -1.57. The summed E-state index contributed by atoms with van der Waals surface area (Å²) in [7, 11) is 1.43. The minimum absolute atomic E-state index is 0.0204. The molecule has 0 radical (unpaired) electrons. The normalized spacial score (nSPS) is 17.9. The zero-order chi connectivity index (χ0) is 22.3. The van der Waals surface area contributed by atoms with E-state index in [4.69, 9.17) is 27.9 Å². The van der Waals surface area contributed by atoms with Crippen LogP contribution < -0.4 is 9.64 Å². The van der Waals surface area contributed by atoms with Crippen LogP contribution in [0.1, 0.15) is 22.0 Å². The molecule has 1 atom stereocenters. The van der Waals surface area contributed by atoms with Gasteiger partial charge in [-0.15, -0.1) is 11.3 Å². The number of hydrogen-bond donors (Lipinski definition) is 1. The smallest absolute Gasteiger partial charge is 0.300 e. The first-order chi connectivity index (χ1) is 14.8. The van der Waals surface area contributed by atoms with Crippen molar-refractivity contribution in [2.75, 3.05) is 12.0 Å². The third-order valence-electron chi connectivity index (χ3n) is 5.11. The molecule has 1 aliphatic rings. The average molecular weight is 474 g/mol. The van der Waals surface area contributed by atoms with Crippen molar-refractivity contribution in [3.63, 3.8) is 0 Å². The number of hydrogen-bond acceptors (Lipinski definition) is 5. The fraction of sp³-hybridized carbons (Fsp3) is 0.130. The predicted molar refractivity (Wildman–Crippen MR) is 123 cm³/mol. The largest absolute Gasteiger partial charge is 0.507 e. The van der Waals surface area contributed by atoms with Crippen molar-refractivity contribution in [1.82, 2.24) is 0 Å². The molecule has 4 rings (SSSR count). The number of ketones is 1. The molecule has 1 saturated heterocycles. The Morgan fingerprint density at radius 2 is 1.77 bits per heavy atom. The van der Waals surface area contributed by atoms with Crippen molar-refractivity contribution in [3.8, 4) is 5.75 Å². The Kier molecular flexibility index (Phi) is 5.79. The van der Waals surface area contributed by atoms with Crippen LogP contribution in [-0.2, 0) is 9.59 Å². The third-order valence-corrected chi connectivity index (χ3v) is 6.59. The van der Waals surface area contributed by atoms with Crippen LogP contribution in [0, 0.1) is 6.92 Å². The maximum absolute atomic E-state index is 13.1. The lowest BCUT2D eigenvalue weighted by atomic mass is 9.99. The van der Waals surface area contributed by atoms with Gasteiger partial charge >= 0.3 is 0 Å². The van der Waals surface area contributed by atoms with E-state index in [1.54, 1.807) is 12.1 Å². The number of benzene rings is 2. The number of Topliss-reactive ketones (excluding diaryl/α,β-unsaturated/α-hetero) is 1. The van der Waals surface area contributed by atoms with Gasteiger partial charge in [-0.3, -0.25) is 14.5 Å². The molecule has 2 aromatic carbocycles. The molecule has 31 heavy (non-hydrogen) atoms. The molecule has 3 aromatic rings. The second-order valence-corrected chi connectivity index (χ2v) is 8.74. The van der Waals surface area contributed by atoms with Crippen molar-refractivity contribution >= 4 is 57.7 Å². The Balaban J connectivity index is 1.95. The molecule has 158 valence electrons. The maximum atomic E-state index is 13.1. The molecule has 1 fully saturated rings. The van der Waals surface area contributed by atoms with E-state index in [2.05, 4.69) is 0 Å². The topological polar surface area (TPSA) is 66.8 Å². The van der Waals surface area contributed by atoms with Gasteiger partial charge in [0.25, 0.3) is 11.7 Å². The van der Waals surface area contributed by atoms with E-state index in [1.165, 1.54) is 35.5 Å². The van der Waals surface area contributed by atoms with Crippen molar-refractivity contribution in [1.29, 1.82) is 0 Å². The van der Waals surface area contributed by atoms with E-state index in [0.29, 0.717) is 5.69 Å². The van der Waals surface area contributed by atoms with Crippen LogP contribution in [0.15, 0.2) is 59.5 Å². The Morgan fingerprint density at radius 1 is 1.10 bits per heavy atom. The van der Waals surface area contributed by atoms with Gasteiger partial charge in [-0.25, -0.2) is 0 Å². The highest BCUT2D eigenvalue weighted by Gasteiger charge is 2.47. The SMILES string of the molecule is COc1c(Cl)cc(/C(O)=C2/C(=O)C(=O)N(c3ccccc3C)C2c2cccs2)cc1Cl. The Hall–Kier alpha value is -2.80. The number of halogens is 2. The van der Waals surface area contributed by atoms with E-state index in [9.17, 15) is 14.7 Å². The van der Waals surface area contributed by atoms with Gasteiger partial charge in [0, 0.05) is 16.1 Å². The number of aliphatic hydroxyl groups is 1. The Labute approximate surface area is 193 Å². The van der Waals surface area contributed by atoms with Crippen LogP contribution in [0.5, 0.6) is 5.75 Å². The first-order valence-corrected chi connectivity index (χ1v) is 10.9. The molecule has 1 N–H and O–H groups in total. The fourth-order valence-corrected chi connectivity index (χ4v) is 5.14. The van der Waals surface area contributed by atoms with Gasteiger partial charge in [-0.2, -0.15) is 0 Å². The van der Waals surface area contributed by atoms with Crippen LogP contribution in [0.25, 0.3) is 5.76 Å². The first-order valence-electron chi connectivity index (χ1n) is 9.28. The van der Waals surface area contributed by atoms with Gasteiger partial charge < -0.3 is 9.84 Å².